The molecule has 0 saturated carbocycles. The van der Waals surface area contributed by atoms with E-state index in [9.17, 15) is 9.59 Å². The van der Waals surface area contributed by atoms with Gasteiger partial charge in [-0.15, -0.1) is 0 Å². The molecule has 8 heteroatoms. The third-order valence-electron chi connectivity index (χ3n) is 4.41. The Hall–Kier alpha value is -3.84. The van der Waals surface area contributed by atoms with Crippen molar-refractivity contribution in [1.82, 2.24) is 10.7 Å². The minimum Gasteiger partial charge on any atom is -0.496 e. The summed E-state index contributed by atoms with van der Waals surface area (Å²) >= 11 is 6.17. The molecule has 0 atom stereocenters. The van der Waals surface area contributed by atoms with Crippen LogP contribution in [0, 0.1) is 0 Å². The number of benzene rings is 3. The number of para-hydroxylation sites is 2. The Kier molecular flexibility index (Phi) is 8.22. The Morgan fingerprint density at radius 2 is 1.66 bits per heavy atom. The number of carbonyl (C=O) groups excluding carboxylic acids is 2. The summed E-state index contributed by atoms with van der Waals surface area (Å²) in [4.78, 5) is 24.3. The van der Waals surface area contributed by atoms with Crippen molar-refractivity contribution in [2.24, 2.45) is 5.10 Å². The lowest BCUT2D eigenvalue weighted by molar-refractivity contribution is -0.120. The molecule has 32 heavy (non-hydrogen) atoms. The molecule has 0 bridgehead atoms. The van der Waals surface area contributed by atoms with Crippen molar-refractivity contribution in [3.05, 3.63) is 94.5 Å². The van der Waals surface area contributed by atoms with Crippen molar-refractivity contribution >= 4 is 29.6 Å². The second kappa shape index (κ2) is 11.5. The van der Waals surface area contributed by atoms with Gasteiger partial charge in [0.2, 0.25) is 0 Å². The highest BCUT2D eigenvalue weighted by atomic mass is 35.5. The van der Waals surface area contributed by atoms with Gasteiger partial charge in [0.25, 0.3) is 11.8 Å². The number of hydrogen-bond acceptors (Lipinski definition) is 5. The number of hydrazone groups is 1. The van der Waals surface area contributed by atoms with Gasteiger partial charge in [0.15, 0.2) is 0 Å². The Labute approximate surface area is 191 Å². The van der Waals surface area contributed by atoms with Gasteiger partial charge >= 0.3 is 0 Å². The van der Waals surface area contributed by atoms with Crippen LogP contribution in [0.15, 0.2) is 77.9 Å². The average molecular weight is 452 g/mol. The van der Waals surface area contributed by atoms with E-state index in [0.717, 1.165) is 5.56 Å². The van der Waals surface area contributed by atoms with Gasteiger partial charge in [-0.05, 0) is 30.3 Å². The van der Waals surface area contributed by atoms with E-state index >= 15 is 0 Å². The van der Waals surface area contributed by atoms with E-state index in [1.165, 1.54) is 13.3 Å². The summed E-state index contributed by atoms with van der Waals surface area (Å²) < 4.78 is 11.0. The molecule has 0 fully saturated rings. The predicted molar refractivity (Wildman–Crippen MR) is 123 cm³/mol. The summed E-state index contributed by atoms with van der Waals surface area (Å²) in [5.74, 6) is 0.130. The molecule has 7 nitrogen and oxygen atoms in total. The Morgan fingerprint density at radius 1 is 0.969 bits per heavy atom. The van der Waals surface area contributed by atoms with Gasteiger partial charge in [0.1, 0.15) is 18.1 Å². The summed E-state index contributed by atoms with van der Waals surface area (Å²) in [6.07, 6.45) is 1.47. The molecule has 164 valence electrons. The first kappa shape index (κ1) is 22.8. The lowest BCUT2D eigenvalue weighted by Crippen LogP contribution is -2.35. The van der Waals surface area contributed by atoms with Crippen LogP contribution in [-0.4, -0.2) is 31.7 Å². The second-order valence-corrected chi connectivity index (χ2v) is 7.00. The van der Waals surface area contributed by atoms with E-state index in [-0.39, 0.29) is 6.54 Å². The smallest absolute Gasteiger partial charge is 0.259 e. The van der Waals surface area contributed by atoms with Crippen molar-refractivity contribution in [3.63, 3.8) is 0 Å². The highest BCUT2D eigenvalue weighted by molar-refractivity contribution is 6.31. The molecule has 3 aromatic carbocycles. The van der Waals surface area contributed by atoms with Gasteiger partial charge in [-0.3, -0.25) is 9.59 Å². The molecule has 2 N–H and O–H groups in total. The van der Waals surface area contributed by atoms with Crippen LogP contribution in [-0.2, 0) is 11.4 Å². The lowest BCUT2D eigenvalue weighted by Gasteiger charge is -2.10. The molecule has 0 unspecified atom stereocenters. The molecule has 0 aliphatic rings. The fraction of sp³-hybridized carbons (Fsp3) is 0.125. The molecule has 0 spiro atoms. The molecule has 0 heterocycles. The first-order chi connectivity index (χ1) is 15.6. The van der Waals surface area contributed by atoms with Crippen molar-refractivity contribution in [2.75, 3.05) is 13.7 Å². The Morgan fingerprint density at radius 3 is 2.44 bits per heavy atom. The Balaban J connectivity index is 1.53. The number of rotatable bonds is 9. The van der Waals surface area contributed by atoms with Crippen LogP contribution in [0.4, 0.5) is 0 Å². The van der Waals surface area contributed by atoms with Crippen LogP contribution < -0.4 is 20.2 Å². The van der Waals surface area contributed by atoms with Crippen molar-refractivity contribution in [3.8, 4) is 11.5 Å². The van der Waals surface area contributed by atoms with Crippen LogP contribution in [0.1, 0.15) is 21.5 Å². The summed E-state index contributed by atoms with van der Waals surface area (Å²) in [5, 5.41) is 7.11. The maximum atomic E-state index is 12.2. The zero-order valence-corrected chi connectivity index (χ0v) is 18.1. The van der Waals surface area contributed by atoms with Crippen LogP contribution in [0.25, 0.3) is 0 Å². The highest BCUT2D eigenvalue weighted by Crippen LogP contribution is 2.21. The molecule has 0 saturated heterocycles. The van der Waals surface area contributed by atoms with Gasteiger partial charge in [0.05, 0.1) is 25.4 Å². The van der Waals surface area contributed by atoms with E-state index in [0.29, 0.717) is 34.3 Å². The van der Waals surface area contributed by atoms with Crippen LogP contribution in [0.3, 0.4) is 0 Å². The van der Waals surface area contributed by atoms with Crippen molar-refractivity contribution < 1.29 is 19.1 Å². The van der Waals surface area contributed by atoms with Gasteiger partial charge in [0, 0.05) is 16.1 Å². The first-order valence-corrected chi connectivity index (χ1v) is 10.1. The molecule has 0 radical (unpaired) electrons. The summed E-state index contributed by atoms with van der Waals surface area (Å²) in [6.45, 7) is 0.0603. The van der Waals surface area contributed by atoms with E-state index in [1.54, 1.807) is 42.5 Å². The zero-order chi connectivity index (χ0) is 22.8. The molecule has 3 aromatic rings. The number of methoxy groups -OCH3 is 1. The van der Waals surface area contributed by atoms with E-state index in [2.05, 4.69) is 15.8 Å². The molecule has 0 aromatic heterocycles. The van der Waals surface area contributed by atoms with E-state index in [1.807, 2.05) is 30.3 Å². The molecule has 0 aliphatic carbocycles. The van der Waals surface area contributed by atoms with Crippen molar-refractivity contribution in [2.45, 2.75) is 6.61 Å². The number of ether oxygens (including phenoxy) is 2. The molecule has 0 aliphatic heterocycles. The molecule has 2 amide bonds. The fourth-order valence-corrected chi connectivity index (χ4v) is 2.98. The van der Waals surface area contributed by atoms with Gasteiger partial charge in [-0.2, -0.15) is 5.10 Å². The topological polar surface area (TPSA) is 89.0 Å². The van der Waals surface area contributed by atoms with Crippen LogP contribution in [0.2, 0.25) is 5.02 Å². The monoisotopic (exact) mass is 451 g/mol. The highest BCUT2D eigenvalue weighted by Gasteiger charge is 2.12. The SMILES string of the molecule is COc1ccccc1C(=O)NCC(=O)NN=Cc1ccccc1OCc1ccccc1Cl. The number of halogens is 1. The third-order valence-corrected chi connectivity index (χ3v) is 4.78. The Bertz CT molecular complexity index is 1120. The molecule has 3 rings (SSSR count). The summed E-state index contributed by atoms with van der Waals surface area (Å²) in [6, 6.07) is 21.5. The number of nitrogens with zero attached hydrogens (tertiary/aromatic N) is 1. The second-order valence-electron chi connectivity index (χ2n) is 6.59. The average Bonchev–Trinajstić information content (AvgIpc) is 2.82. The minimum atomic E-state index is -0.473. The summed E-state index contributed by atoms with van der Waals surface area (Å²) in [5.41, 5.74) is 4.27. The number of hydrogen-bond donors (Lipinski definition) is 2. The maximum Gasteiger partial charge on any atom is 0.259 e. The first-order valence-electron chi connectivity index (χ1n) is 9.77. The predicted octanol–water partition coefficient (Wildman–Crippen LogP) is 3.81. The maximum absolute atomic E-state index is 12.2. The van der Waals surface area contributed by atoms with Gasteiger partial charge in [-0.25, -0.2) is 5.43 Å². The lowest BCUT2D eigenvalue weighted by atomic mass is 10.2. The van der Waals surface area contributed by atoms with Crippen molar-refractivity contribution in [1.29, 1.82) is 0 Å². The number of amides is 2. The third kappa shape index (κ3) is 6.33. The molecular weight excluding hydrogens is 430 g/mol. The van der Waals surface area contributed by atoms with Gasteiger partial charge in [-0.1, -0.05) is 54.1 Å². The number of nitrogens with one attached hydrogen (secondary N) is 2. The van der Waals surface area contributed by atoms with E-state index in [4.69, 9.17) is 21.1 Å². The zero-order valence-electron chi connectivity index (χ0n) is 17.4. The number of carbonyl (C=O) groups is 2. The normalized spacial score (nSPS) is 10.6. The quantitative estimate of drug-likeness (QED) is 0.382. The van der Waals surface area contributed by atoms with E-state index < -0.39 is 11.8 Å². The van der Waals surface area contributed by atoms with Crippen LogP contribution in [0.5, 0.6) is 11.5 Å². The molecular formula is C24H22ClN3O4. The minimum absolute atomic E-state index is 0.237. The largest absolute Gasteiger partial charge is 0.496 e. The van der Waals surface area contributed by atoms with Gasteiger partial charge < -0.3 is 14.8 Å². The van der Waals surface area contributed by atoms with Crippen LogP contribution >= 0.6 is 11.6 Å². The standard InChI is InChI=1S/C24H22ClN3O4/c1-31-22-13-7-4-10-19(22)24(30)26-15-23(29)28-27-14-17-8-3-6-12-21(17)32-16-18-9-2-5-11-20(18)25/h2-14H,15-16H2,1H3,(H,26,30)(H,28,29). The summed E-state index contributed by atoms with van der Waals surface area (Å²) in [7, 11) is 1.48. The fourth-order valence-electron chi connectivity index (χ4n) is 2.79.